The molecule has 172 valence electrons. The monoisotopic (exact) mass is 457 g/mol. The van der Waals surface area contributed by atoms with Gasteiger partial charge in [-0.15, -0.1) is 11.8 Å². The molecule has 32 heavy (non-hydrogen) atoms. The molecule has 0 saturated carbocycles. The van der Waals surface area contributed by atoms with E-state index in [1.54, 1.807) is 36.0 Å². The van der Waals surface area contributed by atoms with Crippen LogP contribution in [0.3, 0.4) is 0 Å². The summed E-state index contributed by atoms with van der Waals surface area (Å²) < 4.78 is 6.75. The highest BCUT2D eigenvalue weighted by molar-refractivity contribution is 8.03. The SMILES string of the molecule is CC(C)C(NC(=O)c1ccccc1)C(=O)O[C@H]1C[N+]2(CC(=O)C3CC=CS3)CCC1CC2. The Balaban J connectivity index is 1.39. The number of ketones is 1. The first-order valence-corrected chi connectivity index (χ1v) is 12.6. The highest BCUT2D eigenvalue weighted by Gasteiger charge is 2.49. The van der Waals surface area contributed by atoms with Crippen molar-refractivity contribution >= 4 is 29.4 Å². The van der Waals surface area contributed by atoms with Crippen LogP contribution in [-0.2, 0) is 14.3 Å². The van der Waals surface area contributed by atoms with E-state index < -0.39 is 6.04 Å². The summed E-state index contributed by atoms with van der Waals surface area (Å²) in [6, 6.07) is 8.21. The van der Waals surface area contributed by atoms with E-state index in [1.165, 1.54) is 0 Å². The Morgan fingerprint density at radius 1 is 1.16 bits per heavy atom. The van der Waals surface area contributed by atoms with Crippen molar-refractivity contribution in [1.29, 1.82) is 0 Å². The Kier molecular flexibility index (Phi) is 7.05. The van der Waals surface area contributed by atoms with Crippen molar-refractivity contribution in [3.05, 3.63) is 47.4 Å². The number of benzene rings is 1. The zero-order chi connectivity index (χ0) is 22.7. The van der Waals surface area contributed by atoms with Gasteiger partial charge in [0, 0.05) is 24.3 Å². The average molecular weight is 458 g/mol. The molecule has 3 fully saturated rings. The standard InChI is InChI=1S/C25H32N2O4S/c1-17(2)23(26-24(29)19-7-4-3-5-8-19)25(30)31-21-16-27(12-10-18(21)11-13-27)15-20(28)22-9-6-14-32-22/h3-8,14,17-18,21-23H,9-13,15-16H2,1-2H3/p+1/t18?,21-,22?,23?,27?/m0/s1. The van der Waals surface area contributed by atoms with E-state index in [0.29, 0.717) is 30.4 Å². The van der Waals surface area contributed by atoms with Crippen LogP contribution in [0.4, 0.5) is 0 Å². The maximum Gasteiger partial charge on any atom is 0.329 e. The molecule has 0 radical (unpaired) electrons. The number of esters is 1. The summed E-state index contributed by atoms with van der Waals surface area (Å²) in [4.78, 5) is 38.6. The Morgan fingerprint density at radius 2 is 1.88 bits per heavy atom. The normalized spacial score (nSPS) is 29.7. The third-order valence-corrected chi connectivity index (χ3v) is 8.23. The number of allylic oxidation sites excluding steroid dienone is 1. The Labute approximate surface area is 194 Å². The smallest absolute Gasteiger partial charge is 0.329 e. The number of ether oxygens (including phenoxy) is 1. The van der Waals surface area contributed by atoms with Crippen molar-refractivity contribution < 1.29 is 23.6 Å². The summed E-state index contributed by atoms with van der Waals surface area (Å²) in [6.45, 7) is 7.01. The number of nitrogens with one attached hydrogen (secondary N) is 1. The zero-order valence-corrected chi connectivity index (χ0v) is 19.7. The lowest BCUT2D eigenvalue weighted by molar-refractivity contribution is -0.939. The third kappa shape index (κ3) is 5.09. The average Bonchev–Trinajstić information content (AvgIpc) is 3.33. The van der Waals surface area contributed by atoms with Gasteiger partial charge < -0.3 is 14.5 Å². The van der Waals surface area contributed by atoms with E-state index in [0.717, 1.165) is 36.8 Å². The summed E-state index contributed by atoms with van der Waals surface area (Å²) in [5.74, 6) is -0.0855. The van der Waals surface area contributed by atoms with E-state index in [1.807, 2.05) is 25.3 Å². The number of carbonyl (C=O) groups excluding carboxylic acids is 3. The number of rotatable bonds is 8. The van der Waals surface area contributed by atoms with Crippen LogP contribution < -0.4 is 5.32 Å². The van der Waals surface area contributed by atoms with Gasteiger partial charge in [-0.2, -0.15) is 0 Å². The molecule has 4 aliphatic heterocycles. The van der Waals surface area contributed by atoms with Crippen molar-refractivity contribution in [1.82, 2.24) is 5.32 Å². The molecular weight excluding hydrogens is 424 g/mol. The molecule has 5 rings (SSSR count). The minimum Gasteiger partial charge on any atom is -0.455 e. The first-order valence-electron chi connectivity index (χ1n) is 11.6. The highest BCUT2D eigenvalue weighted by atomic mass is 32.2. The number of fused-ring (bicyclic) bond motifs is 3. The molecule has 6 nitrogen and oxygen atoms in total. The number of nitrogens with zero attached hydrogens (tertiary/aromatic N) is 1. The zero-order valence-electron chi connectivity index (χ0n) is 18.9. The Bertz CT molecular complexity index is 869. The van der Waals surface area contributed by atoms with Gasteiger partial charge in [0.2, 0.25) is 0 Å². The molecule has 3 atom stereocenters. The van der Waals surface area contributed by atoms with Crippen molar-refractivity contribution in [3.63, 3.8) is 0 Å². The van der Waals surface area contributed by atoms with Crippen molar-refractivity contribution in [2.75, 3.05) is 26.2 Å². The second-order valence-corrected chi connectivity index (χ2v) is 10.8. The second-order valence-electron chi connectivity index (χ2n) is 9.70. The summed E-state index contributed by atoms with van der Waals surface area (Å²) in [5.41, 5.74) is 0.524. The quantitative estimate of drug-likeness (QED) is 0.480. The van der Waals surface area contributed by atoms with Gasteiger partial charge in [0.25, 0.3) is 5.91 Å². The summed E-state index contributed by atoms with van der Waals surface area (Å²) >= 11 is 1.62. The number of amides is 1. The second kappa shape index (κ2) is 9.79. The van der Waals surface area contributed by atoms with Crippen LogP contribution in [0.2, 0.25) is 0 Å². The minimum absolute atomic E-state index is 0.0432. The van der Waals surface area contributed by atoms with Crippen LogP contribution in [-0.4, -0.2) is 65.7 Å². The van der Waals surface area contributed by atoms with Gasteiger partial charge in [-0.3, -0.25) is 9.59 Å². The maximum atomic E-state index is 13.1. The van der Waals surface area contributed by atoms with Crippen LogP contribution in [0.5, 0.6) is 0 Å². The van der Waals surface area contributed by atoms with Gasteiger partial charge in [-0.25, -0.2) is 4.79 Å². The molecular formula is C25H33N2O4S+. The molecule has 2 bridgehead atoms. The number of quaternary nitrogens is 1. The molecule has 7 heteroatoms. The fourth-order valence-corrected chi connectivity index (χ4v) is 6.00. The van der Waals surface area contributed by atoms with E-state index in [-0.39, 0.29) is 29.1 Å². The Hall–Kier alpha value is -2.12. The van der Waals surface area contributed by atoms with E-state index in [4.69, 9.17) is 4.74 Å². The lowest BCUT2D eigenvalue weighted by atomic mass is 9.82. The lowest BCUT2D eigenvalue weighted by Crippen LogP contribution is -2.66. The molecule has 2 unspecified atom stereocenters. The summed E-state index contributed by atoms with van der Waals surface area (Å²) in [7, 11) is 0. The molecule has 1 aromatic carbocycles. The molecule has 1 N–H and O–H groups in total. The molecule has 4 aliphatic rings. The molecule has 0 spiro atoms. The number of piperidine rings is 3. The summed E-state index contributed by atoms with van der Waals surface area (Å²) in [5, 5.41) is 4.93. The van der Waals surface area contributed by atoms with E-state index in [9.17, 15) is 14.4 Å². The van der Waals surface area contributed by atoms with Crippen LogP contribution >= 0.6 is 11.8 Å². The summed E-state index contributed by atoms with van der Waals surface area (Å²) in [6.07, 6.45) is 4.65. The first-order chi connectivity index (χ1) is 15.4. The van der Waals surface area contributed by atoms with Crippen LogP contribution in [0, 0.1) is 11.8 Å². The fraction of sp³-hybridized carbons (Fsp3) is 0.560. The topological polar surface area (TPSA) is 72.5 Å². The van der Waals surface area contributed by atoms with Gasteiger partial charge in [0.05, 0.1) is 18.3 Å². The van der Waals surface area contributed by atoms with Gasteiger partial charge >= 0.3 is 5.97 Å². The molecule has 1 amide bonds. The van der Waals surface area contributed by atoms with Crippen molar-refractivity contribution in [3.8, 4) is 0 Å². The molecule has 3 saturated heterocycles. The lowest BCUT2D eigenvalue weighted by Gasteiger charge is -2.52. The number of thioether (sulfide) groups is 1. The van der Waals surface area contributed by atoms with Crippen molar-refractivity contribution in [2.24, 2.45) is 11.8 Å². The number of Topliss-reactive ketones (excluding diaryl/α,β-unsaturated/α-hetero) is 1. The largest absolute Gasteiger partial charge is 0.455 e. The number of hydrogen-bond acceptors (Lipinski definition) is 5. The van der Waals surface area contributed by atoms with E-state index in [2.05, 4.69) is 11.4 Å². The molecule has 0 aliphatic carbocycles. The third-order valence-electron chi connectivity index (χ3n) is 7.09. The van der Waals surface area contributed by atoms with Gasteiger partial charge in [0.15, 0.2) is 11.9 Å². The molecule has 1 aromatic rings. The number of carbonyl (C=O) groups is 3. The molecule has 0 aromatic heterocycles. The van der Waals surface area contributed by atoms with Gasteiger partial charge in [0.1, 0.15) is 19.1 Å². The van der Waals surface area contributed by atoms with Crippen LogP contribution in [0.25, 0.3) is 0 Å². The molecule has 4 heterocycles. The minimum atomic E-state index is -0.700. The van der Waals surface area contributed by atoms with E-state index >= 15 is 0 Å². The van der Waals surface area contributed by atoms with Gasteiger partial charge in [-0.05, 0) is 29.9 Å². The van der Waals surface area contributed by atoms with Crippen molar-refractivity contribution in [2.45, 2.75) is 50.5 Å². The van der Waals surface area contributed by atoms with Gasteiger partial charge in [-0.1, -0.05) is 38.1 Å². The first kappa shape index (κ1) is 23.1. The van der Waals surface area contributed by atoms with Crippen LogP contribution in [0.1, 0.15) is 43.5 Å². The highest BCUT2D eigenvalue weighted by Crippen LogP contribution is 2.37. The predicted molar refractivity (Wildman–Crippen MR) is 125 cm³/mol. The maximum absolute atomic E-state index is 13.1. The fourth-order valence-electron chi connectivity index (χ4n) is 5.14. The van der Waals surface area contributed by atoms with Crippen LogP contribution in [0.15, 0.2) is 41.8 Å². The Morgan fingerprint density at radius 3 is 2.50 bits per heavy atom. The number of hydrogen-bond donors (Lipinski definition) is 1. The predicted octanol–water partition coefficient (Wildman–Crippen LogP) is 3.18.